The van der Waals surface area contributed by atoms with Crippen LogP contribution in [0.5, 0.6) is 0 Å². The van der Waals surface area contributed by atoms with Crippen molar-refractivity contribution in [3.05, 3.63) is 152 Å². The molecule has 0 saturated heterocycles. The van der Waals surface area contributed by atoms with Gasteiger partial charge in [-0.05, 0) is 52.6 Å². The number of fused-ring (bicyclic) bond motifs is 9. The minimum absolute atomic E-state index is 1.23. The lowest BCUT2D eigenvalue weighted by molar-refractivity contribution is 1.20. The fourth-order valence-electron chi connectivity index (χ4n) is 7.22. The molecule has 3 aromatic heterocycles. The summed E-state index contributed by atoms with van der Waals surface area (Å²) >= 11 is 3.81. The average Bonchev–Trinajstić information content (AvgIpc) is 3.78. The predicted octanol–water partition coefficient (Wildman–Crippen LogP) is 12.9. The lowest BCUT2D eigenvalue weighted by atomic mass is 9.94. The number of para-hydroxylation sites is 2. The van der Waals surface area contributed by atoms with Gasteiger partial charge >= 0.3 is 0 Å². The topological polar surface area (TPSA) is 4.93 Å². The van der Waals surface area contributed by atoms with Crippen molar-refractivity contribution in [3.63, 3.8) is 0 Å². The Morgan fingerprint density at radius 1 is 0.378 bits per heavy atom. The highest BCUT2D eigenvalue weighted by molar-refractivity contribution is 7.27. The first-order chi connectivity index (χ1) is 22.3. The Morgan fingerprint density at radius 2 is 1.02 bits per heavy atom. The Kier molecular flexibility index (Phi) is 5.39. The van der Waals surface area contributed by atoms with Crippen LogP contribution >= 0.6 is 22.7 Å². The highest BCUT2D eigenvalue weighted by Crippen LogP contribution is 2.48. The SMILES string of the molecule is c1ccc(-c2ccc(-c3ccc4c(c3)sc3ccccc34)c3c2sc2c(-n4c5ccccc5c5ccccc54)cccc23)cc1. The molecular weight excluding hydrogens is 583 g/mol. The Bertz CT molecular complexity index is 2710. The fourth-order valence-corrected chi connectivity index (χ4v) is 9.74. The molecule has 0 radical (unpaired) electrons. The molecule has 0 spiro atoms. The molecule has 0 N–H and O–H groups in total. The smallest absolute Gasteiger partial charge is 0.0640 e. The van der Waals surface area contributed by atoms with Crippen LogP contribution in [-0.2, 0) is 0 Å². The van der Waals surface area contributed by atoms with Gasteiger partial charge in [-0.2, -0.15) is 0 Å². The van der Waals surface area contributed by atoms with Crippen LogP contribution in [0.4, 0.5) is 0 Å². The predicted molar refractivity (Wildman–Crippen MR) is 197 cm³/mol. The van der Waals surface area contributed by atoms with Crippen LogP contribution in [0, 0.1) is 0 Å². The Morgan fingerprint density at radius 3 is 1.82 bits per heavy atom. The number of benzene rings is 7. The Labute approximate surface area is 267 Å². The van der Waals surface area contributed by atoms with E-state index in [0.29, 0.717) is 0 Å². The van der Waals surface area contributed by atoms with E-state index in [1.54, 1.807) is 0 Å². The number of hydrogen-bond donors (Lipinski definition) is 0. The molecule has 7 aromatic carbocycles. The van der Waals surface area contributed by atoms with E-state index < -0.39 is 0 Å². The lowest BCUT2D eigenvalue weighted by Gasteiger charge is -2.10. The van der Waals surface area contributed by atoms with Crippen LogP contribution in [0.25, 0.3) is 90.1 Å². The summed E-state index contributed by atoms with van der Waals surface area (Å²) in [5, 5.41) is 7.88. The molecule has 0 aliphatic rings. The van der Waals surface area contributed by atoms with E-state index in [0.717, 1.165) is 0 Å². The van der Waals surface area contributed by atoms with Crippen molar-refractivity contribution in [1.82, 2.24) is 4.57 Å². The second-order valence-corrected chi connectivity index (χ2v) is 13.8. The second kappa shape index (κ2) is 9.64. The zero-order chi connectivity index (χ0) is 29.5. The van der Waals surface area contributed by atoms with E-state index in [4.69, 9.17) is 0 Å². The molecule has 3 heterocycles. The first-order valence-electron chi connectivity index (χ1n) is 15.3. The molecule has 45 heavy (non-hydrogen) atoms. The van der Waals surface area contributed by atoms with Crippen LogP contribution in [0.2, 0.25) is 0 Å². The average molecular weight is 608 g/mol. The van der Waals surface area contributed by atoms with Gasteiger partial charge in [0.15, 0.2) is 0 Å². The van der Waals surface area contributed by atoms with Gasteiger partial charge in [0.2, 0.25) is 0 Å². The molecule has 0 atom stereocenters. The summed E-state index contributed by atoms with van der Waals surface area (Å²) < 4.78 is 7.78. The standard InChI is InChI=1S/C42H25NS2/c1-2-11-26(12-3-1)29-24-23-28(27-21-22-33-32-15-6-9-20-38(32)44-39(33)25-27)40-34-16-10-19-37(41(34)45-42(29)40)43-35-17-7-4-13-30(35)31-14-5-8-18-36(31)43/h1-25H. The summed E-state index contributed by atoms with van der Waals surface area (Å²) in [6.07, 6.45) is 0. The van der Waals surface area contributed by atoms with E-state index in [2.05, 4.69) is 156 Å². The molecule has 3 heteroatoms. The minimum atomic E-state index is 1.23. The van der Waals surface area contributed by atoms with Crippen molar-refractivity contribution in [2.45, 2.75) is 0 Å². The van der Waals surface area contributed by atoms with E-state index in [1.165, 1.54) is 90.1 Å². The van der Waals surface area contributed by atoms with Gasteiger partial charge in [0.05, 0.1) is 21.4 Å². The summed E-state index contributed by atoms with van der Waals surface area (Å²) in [6, 6.07) is 55.7. The highest BCUT2D eigenvalue weighted by atomic mass is 32.1. The van der Waals surface area contributed by atoms with E-state index in [9.17, 15) is 0 Å². The molecule has 0 amide bonds. The first-order valence-corrected chi connectivity index (χ1v) is 16.9. The van der Waals surface area contributed by atoms with E-state index in [-0.39, 0.29) is 0 Å². The van der Waals surface area contributed by atoms with Crippen LogP contribution in [-0.4, -0.2) is 4.57 Å². The summed E-state index contributed by atoms with van der Waals surface area (Å²) in [5.74, 6) is 0. The zero-order valence-electron chi connectivity index (χ0n) is 24.2. The second-order valence-electron chi connectivity index (χ2n) is 11.7. The number of aromatic nitrogens is 1. The lowest BCUT2D eigenvalue weighted by Crippen LogP contribution is -1.93. The fraction of sp³-hybridized carbons (Fsp3) is 0. The van der Waals surface area contributed by atoms with E-state index in [1.807, 2.05) is 22.7 Å². The molecular formula is C42H25NS2. The van der Waals surface area contributed by atoms with Crippen molar-refractivity contribution in [1.29, 1.82) is 0 Å². The van der Waals surface area contributed by atoms with Crippen molar-refractivity contribution in [2.24, 2.45) is 0 Å². The Balaban J connectivity index is 1.31. The summed E-state index contributed by atoms with van der Waals surface area (Å²) in [4.78, 5) is 0. The van der Waals surface area contributed by atoms with Gasteiger partial charge in [0.1, 0.15) is 0 Å². The number of thiophene rings is 2. The summed E-state index contributed by atoms with van der Waals surface area (Å²) in [7, 11) is 0. The monoisotopic (exact) mass is 607 g/mol. The highest BCUT2D eigenvalue weighted by Gasteiger charge is 2.20. The Hall–Kier alpha value is -5.22. The van der Waals surface area contributed by atoms with Crippen molar-refractivity contribution in [3.8, 4) is 27.9 Å². The zero-order valence-corrected chi connectivity index (χ0v) is 25.8. The molecule has 1 nitrogen and oxygen atoms in total. The maximum Gasteiger partial charge on any atom is 0.0640 e. The number of hydrogen-bond acceptors (Lipinski definition) is 2. The van der Waals surface area contributed by atoms with Crippen LogP contribution in [0.3, 0.4) is 0 Å². The third kappa shape index (κ3) is 3.66. The van der Waals surface area contributed by atoms with E-state index >= 15 is 0 Å². The number of rotatable bonds is 3. The molecule has 0 unspecified atom stereocenters. The molecule has 0 fully saturated rings. The quantitative estimate of drug-likeness (QED) is 0.188. The van der Waals surface area contributed by atoms with Crippen LogP contribution in [0.1, 0.15) is 0 Å². The third-order valence-electron chi connectivity index (χ3n) is 9.22. The van der Waals surface area contributed by atoms with Gasteiger partial charge in [-0.1, -0.05) is 121 Å². The molecule has 0 bridgehead atoms. The summed E-state index contributed by atoms with van der Waals surface area (Å²) in [6.45, 7) is 0. The number of nitrogens with zero attached hydrogens (tertiary/aromatic N) is 1. The van der Waals surface area contributed by atoms with Crippen molar-refractivity contribution < 1.29 is 0 Å². The third-order valence-corrected chi connectivity index (χ3v) is 11.6. The molecule has 0 aliphatic carbocycles. The minimum Gasteiger partial charge on any atom is -0.308 e. The maximum absolute atomic E-state index is 2.47. The van der Waals surface area contributed by atoms with Gasteiger partial charge in [-0.15, -0.1) is 22.7 Å². The maximum atomic E-state index is 2.47. The largest absolute Gasteiger partial charge is 0.308 e. The van der Waals surface area contributed by atoms with Gasteiger partial charge in [-0.3, -0.25) is 0 Å². The van der Waals surface area contributed by atoms with Crippen LogP contribution < -0.4 is 0 Å². The van der Waals surface area contributed by atoms with Crippen molar-refractivity contribution in [2.75, 3.05) is 0 Å². The molecule has 0 aliphatic heterocycles. The van der Waals surface area contributed by atoms with Gasteiger partial charge in [0, 0.05) is 46.4 Å². The van der Waals surface area contributed by atoms with Gasteiger partial charge in [0.25, 0.3) is 0 Å². The van der Waals surface area contributed by atoms with Crippen molar-refractivity contribution >= 4 is 84.8 Å². The molecule has 10 aromatic rings. The van der Waals surface area contributed by atoms with Crippen LogP contribution in [0.15, 0.2) is 152 Å². The van der Waals surface area contributed by atoms with Gasteiger partial charge < -0.3 is 4.57 Å². The first kappa shape index (κ1) is 25.1. The molecule has 210 valence electrons. The summed E-state index contributed by atoms with van der Waals surface area (Å²) in [5.41, 5.74) is 8.79. The molecule has 10 rings (SSSR count). The normalized spacial score (nSPS) is 12.0. The molecule has 0 saturated carbocycles. The van der Waals surface area contributed by atoms with Gasteiger partial charge in [-0.25, -0.2) is 0 Å².